The van der Waals surface area contributed by atoms with Crippen LogP contribution < -0.4 is 10.6 Å². The van der Waals surface area contributed by atoms with Crippen LogP contribution in [0, 0.1) is 0 Å². The zero-order chi connectivity index (χ0) is 26.9. The van der Waals surface area contributed by atoms with Gasteiger partial charge in [0.25, 0.3) is 5.91 Å². The average Bonchev–Trinajstić information content (AvgIpc) is 2.80. The van der Waals surface area contributed by atoms with Crippen molar-refractivity contribution in [1.29, 1.82) is 0 Å². The van der Waals surface area contributed by atoms with Gasteiger partial charge in [0.2, 0.25) is 0 Å². The van der Waals surface area contributed by atoms with Crippen molar-refractivity contribution in [1.82, 2.24) is 15.5 Å². The summed E-state index contributed by atoms with van der Waals surface area (Å²) in [5.74, 6) is -0.0456. The van der Waals surface area contributed by atoms with Crippen molar-refractivity contribution >= 4 is 31.2 Å². The van der Waals surface area contributed by atoms with Crippen molar-refractivity contribution in [2.75, 3.05) is 52.4 Å². The molecule has 1 rings (SSSR count). The van der Waals surface area contributed by atoms with Crippen LogP contribution in [0.4, 0.5) is 0 Å². The molecule has 10 heteroatoms. The molecule has 0 spiro atoms. The van der Waals surface area contributed by atoms with E-state index < -0.39 is 0 Å². The van der Waals surface area contributed by atoms with Gasteiger partial charge in [-0.3, -0.25) is 4.79 Å². The molecule has 1 aromatic carbocycles. The van der Waals surface area contributed by atoms with Gasteiger partial charge in [-0.2, -0.15) is 11.3 Å². The second kappa shape index (κ2) is 18.9. The molecule has 0 aliphatic heterocycles. The van der Waals surface area contributed by atoms with Gasteiger partial charge in [0.05, 0.1) is 6.61 Å². The summed E-state index contributed by atoms with van der Waals surface area (Å²) >= 11 is 11.8. The number of likely N-dealkylation sites (N-methyl/N-ethyl adjacent to an activating group) is 1. The first-order valence-corrected chi connectivity index (χ1v) is 13.6. The Kier molecular flexibility index (Phi) is 18.7. The summed E-state index contributed by atoms with van der Waals surface area (Å²) in [6, 6.07) is 7.59. The number of ether oxygens (including phenoxy) is 1. The van der Waals surface area contributed by atoms with E-state index in [0.717, 1.165) is 50.6 Å². The van der Waals surface area contributed by atoms with Crippen LogP contribution in [0.15, 0.2) is 24.3 Å². The normalized spacial score (nSPS) is 12.7. The zero-order valence-corrected chi connectivity index (χ0v) is 25.6. The van der Waals surface area contributed by atoms with E-state index in [4.69, 9.17) is 38.8 Å². The molecule has 0 radical (unpaired) electrons. The fraction of sp³-hybridized carbons (Fsp3) is 0.720. The number of hydrogen-bond donors (Lipinski definition) is 2. The topological polar surface area (TPSA) is 84.8 Å². The molecule has 0 saturated carbocycles. The van der Waals surface area contributed by atoms with Crippen LogP contribution in [0.2, 0.25) is 0 Å². The van der Waals surface area contributed by atoms with E-state index in [9.17, 15) is 4.79 Å². The van der Waals surface area contributed by atoms with Gasteiger partial charge in [-0.25, -0.2) is 0 Å². The minimum atomic E-state index is -0.267. The SMILES string of the molecule is CCN(CC)CCNC(=O)c1ccc(COCC(CNCC(C)(C)[S-])[N-]CC(C)(C)[S-])cc1.[O]=[99Tc+3]. The van der Waals surface area contributed by atoms with E-state index >= 15 is 0 Å². The van der Waals surface area contributed by atoms with Gasteiger partial charge >= 0.3 is 22.4 Å². The number of nitrogens with zero attached hydrogens (tertiary/aromatic N) is 2. The van der Waals surface area contributed by atoms with E-state index in [0.29, 0.717) is 38.4 Å². The number of carbonyl (C=O) groups is 1. The molecule has 35 heavy (non-hydrogen) atoms. The maximum atomic E-state index is 12.3. The first-order valence-electron chi connectivity index (χ1n) is 12.0. The van der Waals surface area contributed by atoms with Gasteiger partial charge in [-0.1, -0.05) is 59.7 Å². The summed E-state index contributed by atoms with van der Waals surface area (Å²) in [5.41, 5.74) is 1.69. The van der Waals surface area contributed by atoms with Gasteiger partial charge < -0.3 is 50.8 Å². The van der Waals surface area contributed by atoms with Crippen LogP contribution in [0.1, 0.15) is 57.5 Å². The monoisotopic (exact) mass is 610 g/mol. The van der Waals surface area contributed by atoms with E-state index in [1.807, 2.05) is 52.0 Å². The first kappa shape index (κ1) is 34.7. The van der Waals surface area contributed by atoms with Crippen LogP contribution >= 0.6 is 0 Å². The summed E-state index contributed by atoms with van der Waals surface area (Å²) in [4.78, 5) is 14.6. The molecule has 0 saturated heterocycles. The number of nitrogens with one attached hydrogen (secondary N) is 2. The summed E-state index contributed by atoms with van der Waals surface area (Å²) in [6.07, 6.45) is 0. The predicted octanol–water partition coefficient (Wildman–Crippen LogP) is 3.14. The maximum absolute atomic E-state index is 12.3. The number of benzene rings is 1. The van der Waals surface area contributed by atoms with E-state index in [1.54, 1.807) is 0 Å². The molecule has 1 aromatic rings. The van der Waals surface area contributed by atoms with Crippen molar-refractivity contribution in [3.63, 3.8) is 0 Å². The molecule has 0 bridgehead atoms. The average molecular weight is 611 g/mol. The standard InChI is InChI=1S/C25H45N4O2S2.O.Tc/c1-7-29(8-2)14-13-27-23(30)21-11-9-20(10-12-21)16-31-17-22(28-19-25(5,6)33)15-26-18-24(3,4)32;;/h9-12,22,26,32-33H,7-8,13-19H2,1-6H3,(H,27,30);;/q-1;;+3/p-2/i;;1+1. The van der Waals surface area contributed by atoms with Crippen molar-refractivity contribution in [2.24, 2.45) is 0 Å². The second-order valence-corrected chi connectivity index (χ2v) is 11.8. The molecule has 1 amide bonds. The quantitative estimate of drug-likeness (QED) is 0.262. The van der Waals surface area contributed by atoms with Crippen LogP contribution in [0.5, 0.6) is 0 Å². The van der Waals surface area contributed by atoms with Gasteiger partial charge in [-0.15, -0.1) is 4.75 Å². The van der Waals surface area contributed by atoms with Gasteiger partial charge in [0.1, 0.15) is 0 Å². The van der Waals surface area contributed by atoms with Gasteiger partial charge in [0, 0.05) is 25.3 Å². The zero-order valence-electron chi connectivity index (χ0n) is 22.1. The van der Waals surface area contributed by atoms with Crippen LogP contribution in [0.25, 0.3) is 5.32 Å². The molecule has 1 unspecified atom stereocenters. The Balaban J connectivity index is 0.00000562. The van der Waals surface area contributed by atoms with Crippen LogP contribution in [-0.4, -0.2) is 78.8 Å². The summed E-state index contributed by atoms with van der Waals surface area (Å²) < 4.78 is 13.7. The molecule has 200 valence electrons. The molecule has 0 heterocycles. The Morgan fingerprint density at radius 3 is 2.20 bits per heavy atom. The Morgan fingerprint density at radius 1 is 1.09 bits per heavy atom. The molecule has 7 nitrogen and oxygen atoms in total. The fourth-order valence-corrected chi connectivity index (χ4v) is 3.28. The van der Waals surface area contributed by atoms with Crippen molar-refractivity contribution in [3.05, 3.63) is 40.7 Å². The third kappa shape index (κ3) is 18.6. The number of carbonyl (C=O) groups excluding carboxylic acids is 1. The van der Waals surface area contributed by atoms with Crippen molar-refractivity contribution in [2.45, 2.75) is 63.7 Å². The Bertz CT molecular complexity index is 693. The number of rotatable bonds is 17. The summed E-state index contributed by atoms with van der Waals surface area (Å²) in [5, 5.41) is 11.1. The first-order chi connectivity index (χ1) is 16.4. The van der Waals surface area contributed by atoms with Gasteiger partial charge in [0.15, 0.2) is 0 Å². The fourth-order valence-electron chi connectivity index (χ4n) is 3.10. The van der Waals surface area contributed by atoms with Gasteiger partial charge in [-0.05, 0) is 43.9 Å². The van der Waals surface area contributed by atoms with Crippen LogP contribution in [0.3, 0.4) is 0 Å². The molecule has 0 aliphatic carbocycles. The minimum absolute atomic E-state index is 0.0143. The molecular weight excluding hydrogens is 567 g/mol. The molecule has 0 aromatic heterocycles. The second-order valence-electron chi connectivity index (χ2n) is 9.64. The predicted molar refractivity (Wildman–Crippen MR) is 145 cm³/mol. The molecule has 0 fully saturated rings. The Hall–Kier alpha value is -0.321. The number of amides is 1. The molecule has 1 atom stereocenters. The number of hydrogen-bond acceptors (Lipinski definition) is 7. The van der Waals surface area contributed by atoms with Crippen LogP contribution in [-0.2, 0) is 59.0 Å². The Morgan fingerprint density at radius 2 is 1.69 bits per heavy atom. The van der Waals surface area contributed by atoms with E-state index in [2.05, 4.69) is 29.4 Å². The Labute approximate surface area is 234 Å². The summed E-state index contributed by atoms with van der Waals surface area (Å²) in [7, 11) is 0. The van der Waals surface area contributed by atoms with Crippen molar-refractivity contribution in [3.8, 4) is 0 Å². The van der Waals surface area contributed by atoms with E-state index in [1.165, 1.54) is 0 Å². The third-order valence-electron chi connectivity index (χ3n) is 5.06. The van der Waals surface area contributed by atoms with E-state index in [-0.39, 0.29) is 21.4 Å². The van der Waals surface area contributed by atoms with Crippen molar-refractivity contribution < 1.29 is 31.9 Å². The third-order valence-corrected chi connectivity index (χ3v) is 5.34. The summed E-state index contributed by atoms with van der Waals surface area (Å²) in [6.45, 7) is 18.8. The molecular formula is C25H43N4O3S2Tc. The molecule has 0 aliphatic rings. The molecule has 2 N–H and O–H groups in total.